The summed E-state index contributed by atoms with van der Waals surface area (Å²) in [5.74, 6) is -4.37. The zero-order chi connectivity index (χ0) is 14.2. The number of carboxylic acid groups (broad SMARTS) is 1. The molecule has 0 aliphatic heterocycles. The predicted octanol–water partition coefficient (Wildman–Crippen LogP) is 4.12. The van der Waals surface area contributed by atoms with Crippen molar-refractivity contribution in [1.29, 1.82) is 0 Å². The average molecular weight is 287 g/mol. The molecule has 0 saturated carbocycles. The van der Waals surface area contributed by atoms with Crippen molar-refractivity contribution in [2.24, 2.45) is 0 Å². The van der Waals surface area contributed by atoms with Gasteiger partial charge in [-0.25, -0.2) is 18.0 Å². The van der Waals surface area contributed by atoms with Gasteiger partial charge in [0.15, 0.2) is 0 Å². The molecule has 2 aromatic rings. The number of rotatable bonds is 2. The second-order valence-corrected chi connectivity index (χ2v) is 4.15. The lowest BCUT2D eigenvalue weighted by molar-refractivity contribution is 0.0691. The maximum atomic E-state index is 13.8. The van der Waals surface area contributed by atoms with E-state index in [1.165, 1.54) is 6.07 Å². The predicted molar refractivity (Wildman–Crippen MR) is 63.7 cm³/mol. The number of carboxylic acids is 1. The monoisotopic (exact) mass is 286 g/mol. The Kier molecular flexibility index (Phi) is 3.48. The van der Waals surface area contributed by atoms with Crippen LogP contribution in [0.2, 0.25) is 5.02 Å². The van der Waals surface area contributed by atoms with Crippen molar-refractivity contribution < 1.29 is 23.1 Å². The van der Waals surface area contributed by atoms with E-state index in [1.54, 1.807) is 0 Å². The second-order valence-electron chi connectivity index (χ2n) is 3.74. The van der Waals surface area contributed by atoms with Gasteiger partial charge >= 0.3 is 5.97 Å². The summed E-state index contributed by atoms with van der Waals surface area (Å²) in [5, 5.41) is 8.69. The maximum absolute atomic E-state index is 13.8. The SMILES string of the molecule is O=C(O)c1cc(F)c(-c2cc(F)ccc2Cl)cc1F. The van der Waals surface area contributed by atoms with Gasteiger partial charge in [0.2, 0.25) is 0 Å². The summed E-state index contributed by atoms with van der Waals surface area (Å²) in [6, 6.07) is 4.44. The molecular formula is C13H6ClF3O2. The lowest BCUT2D eigenvalue weighted by Crippen LogP contribution is -2.02. The lowest BCUT2D eigenvalue weighted by Gasteiger charge is -2.08. The number of benzene rings is 2. The third-order valence-corrected chi connectivity index (χ3v) is 2.84. The fourth-order valence-corrected chi connectivity index (χ4v) is 1.84. The molecule has 2 rings (SSSR count). The van der Waals surface area contributed by atoms with Crippen LogP contribution in [0.15, 0.2) is 30.3 Å². The molecule has 0 amide bonds. The summed E-state index contributed by atoms with van der Waals surface area (Å²) in [5.41, 5.74) is -1.14. The van der Waals surface area contributed by atoms with Crippen molar-refractivity contribution in [2.75, 3.05) is 0 Å². The van der Waals surface area contributed by atoms with Gasteiger partial charge in [0.25, 0.3) is 0 Å². The van der Waals surface area contributed by atoms with Gasteiger partial charge in [-0.05, 0) is 30.3 Å². The Bertz CT molecular complexity index is 671. The summed E-state index contributed by atoms with van der Waals surface area (Å²) in [6.07, 6.45) is 0. The molecule has 0 aromatic heterocycles. The number of hydrogen-bond acceptors (Lipinski definition) is 1. The standard InChI is InChI=1S/C13H6ClF3O2/c14-10-2-1-6(15)3-7(10)8-4-12(17)9(13(18)19)5-11(8)16/h1-5H,(H,18,19). The van der Waals surface area contributed by atoms with Crippen LogP contribution in [0.4, 0.5) is 13.2 Å². The van der Waals surface area contributed by atoms with Gasteiger partial charge in [-0.2, -0.15) is 0 Å². The van der Waals surface area contributed by atoms with E-state index in [1.807, 2.05) is 0 Å². The number of aromatic carboxylic acids is 1. The molecule has 0 spiro atoms. The van der Waals surface area contributed by atoms with E-state index >= 15 is 0 Å². The molecule has 1 N–H and O–H groups in total. The van der Waals surface area contributed by atoms with E-state index in [9.17, 15) is 18.0 Å². The molecule has 0 radical (unpaired) electrons. The van der Waals surface area contributed by atoms with Crippen LogP contribution in [0, 0.1) is 17.5 Å². The average Bonchev–Trinajstić information content (AvgIpc) is 2.34. The maximum Gasteiger partial charge on any atom is 0.338 e. The molecule has 98 valence electrons. The third-order valence-electron chi connectivity index (χ3n) is 2.51. The van der Waals surface area contributed by atoms with Gasteiger partial charge in [-0.3, -0.25) is 0 Å². The molecule has 0 bridgehead atoms. The first-order valence-corrected chi connectivity index (χ1v) is 5.45. The Morgan fingerprint density at radius 2 is 1.68 bits per heavy atom. The zero-order valence-electron chi connectivity index (χ0n) is 9.25. The topological polar surface area (TPSA) is 37.3 Å². The van der Waals surface area contributed by atoms with E-state index in [0.717, 1.165) is 12.1 Å². The number of carbonyl (C=O) groups is 1. The Balaban J connectivity index is 2.67. The smallest absolute Gasteiger partial charge is 0.338 e. The highest BCUT2D eigenvalue weighted by molar-refractivity contribution is 6.33. The van der Waals surface area contributed by atoms with Crippen molar-refractivity contribution in [3.63, 3.8) is 0 Å². The fourth-order valence-electron chi connectivity index (χ4n) is 1.62. The van der Waals surface area contributed by atoms with Crippen molar-refractivity contribution in [2.45, 2.75) is 0 Å². The van der Waals surface area contributed by atoms with E-state index in [0.29, 0.717) is 12.1 Å². The third kappa shape index (κ3) is 2.56. The van der Waals surface area contributed by atoms with Crippen LogP contribution < -0.4 is 0 Å². The minimum atomic E-state index is -1.59. The summed E-state index contributed by atoms with van der Waals surface area (Å²) >= 11 is 5.79. The van der Waals surface area contributed by atoms with Gasteiger partial charge in [0.1, 0.15) is 17.5 Å². The number of halogens is 4. The minimum Gasteiger partial charge on any atom is -0.478 e. The lowest BCUT2D eigenvalue weighted by atomic mass is 10.0. The van der Waals surface area contributed by atoms with Crippen LogP contribution in [-0.2, 0) is 0 Å². The quantitative estimate of drug-likeness (QED) is 0.901. The van der Waals surface area contributed by atoms with Crippen LogP contribution in [-0.4, -0.2) is 11.1 Å². The van der Waals surface area contributed by atoms with E-state index < -0.39 is 29.0 Å². The Morgan fingerprint density at radius 1 is 1.00 bits per heavy atom. The first kappa shape index (κ1) is 13.4. The molecule has 2 nitrogen and oxygen atoms in total. The van der Waals surface area contributed by atoms with Crippen molar-refractivity contribution >= 4 is 17.6 Å². The molecule has 0 aliphatic rings. The van der Waals surface area contributed by atoms with Crippen LogP contribution in [0.1, 0.15) is 10.4 Å². The van der Waals surface area contributed by atoms with Gasteiger partial charge in [-0.15, -0.1) is 0 Å². The van der Waals surface area contributed by atoms with Gasteiger partial charge < -0.3 is 5.11 Å². The fraction of sp³-hybridized carbons (Fsp3) is 0. The van der Waals surface area contributed by atoms with Gasteiger partial charge in [0, 0.05) is 16.1 Å². The zero-order valence-corrected chi connectivity index (χ0v) is 10.0. The van der Waals surface area contributed by atoms with Crippen LogP contribution in [0.3, 0.4) is 0 Å². The Labute approximate surface area is 111 Å². The molecule has 0 atom stereocenters. The van der Waals surface area contributed by atoms with E-state index in [2.05, 4.69) is 0 Å². The largest absolute Gasteiger partial charge is 0.478 e. The van der Waals surface area contributed by atoms with Crippen molar-refractivity contribution in [1.82, 2.24) is 0 Å². The second kappa shape index (κ2) is 4.93. The number of hydrogen-bond donors (Lipinski definition) is 1. The summed E-state index contributed by atoms with van der Waals surface area (Å²) < 4.78 is 40.4. The summed E-state index contributed by atoms with van der Waals surface area (Å²) in [7, 11) is 0. The molecule has 0 fully saturated rings. The minimum absolute atomic E-state index is 0.0303. The van der Waals surface area contributed by atoms with Crippen molar-refractivity contribution in [3.8, 4) is 11.1 Å². The highest BCUT2D eigenvalue weighted by Crippen LogP contribution is 2.32. The highest BCUT2D eigenvalue weighted by atomic mass is 35.5. The van der Waals surface area contributed by atoms with Crippen LogP contribution in [0.25, 0.3) is 11.1 Å². The summed E-state index contributed by atoms with van der Waals surface area (Å²) in [6.45, 7) is 0. The molecule has 0 aliphatic carbocycles. The van der Waals surface area contributed by atoms with Crippen molar-refractivity contribution in [3.05, 3.63) is 58.4 Å². The Hall–Kier alpha value is -2.01. The molecular weight excluding hydrogens is 281 g/mol. The molecule has 0 saturated heterocycles. The first-order valence-electron chi connectivity index (χ1n) is 5.08. The first-order chi connectivity index (χ1) is 8.90. The normalized spacial score (nSPS) is 10.5. The molecule has 0 unspecified atom stereocenters. The van der Waals surface area contributed by atoms with Gasteiger partial charge in [-0.1, -0.05) is 11.6 Å². The highest BCUT2D eigenvalue weighted by Gasteiger charge is 2.17. The molecule has 2 aromatic carbocycles. The van der Waals surface area contributed by atoms with Crippen LogP contribution in [0.5, 0.6) is 0 Å². The van der Waals surface area contributed by atoms with Crippen LogP contribution >= 0.6 is 11.6 Å². The summed E-state index contributed by atoms with van der Waals surface area (Å²) in [4.78, 5) is 10.7. The molecule has 19 heavy (non-hydrogen) atoms. The molecule has 0 heterocycles. The Morgan fingerprint density at radius 3 is 2.32 bits per heavy atom. The van der Waals surface area contributed by atoms with E-state index in [-0.39, 0.29) is 16.1 Å². The van der Waals surface area contributed by atoms with Gasteiger partial charge in [0.05, 0.1) is 5.56 Å². The van der Waals surface area contributed by atoms with E-state index in [4.69, 9.17) is 16.7 Å². The molecule has 6 heteroatoms.